The van der Waals surface area contributed by atoms with E-state index in [9.17, 15) is 4.79 Å². The number of hydrogen-bond donors (Lipinski definition) is 2. The van der Waals surface area contributed by atoms with Crippen molar-refractivity contribution in [2.45, 2.75) is 39.3 Å². The number of nitrogens with two attached hydrogens (primary N) is 1. The maximum atomic E-state index is 11.6. The Bertz CT molecular complexity index is 335. The predicted molar refractivity (Wildman–Crippen MR) is 61.9 cm³/mol. The second-order valence-electron chi connectivity index (χ2n) is 3.64. The summed E-state index contributed by atoms with van der Waals surface area (Å²) in [4.78, 5) is 15.8. The number of nitrogens with zero attached hydrogens (tertiary/aromatic N) is 1. The smallest absolute Gasteiger partial charge is 0.270 e. The van der Waals surface area contributed by atoms with Gasteiger partial charge in [0.15, 0.2) is 0 Å². The minimum atomic E-state index is -0.118. The van der Waals surface area contributed by atoms with Crippen molar-refractivity contribution in [3.05, 3.63) is 16.1 Å². The Kier molecular flexibility index (Phi) is 4.23. The van der Waals surface area contributed by atoms with Gasteiger partial charge in [-0.25, -0.2) is 4.98 Å². The molecule has 0 aromatic carbocycles. The first kappa shape index (κ1) is 12.1. The lowest BCUT2D eigenvalue weighted by Gasteiger charge is -2.09. The molecular weight excluding hydrogens is 210 g/mol. The number of rotatable bonds is 4. The van der Waals surface area contributed by atoms with E-state index in [1.807, 2.05) is 20.8 Å². The highest BCUT2D eigenvalue weighted by atomic mass is 32.1. The van der Waals surface area contributed by atoms with E-state index in [2.05, 4.69) is 10.3 Å². The molecule has 2 unspecified atom stereocenters. The number of hydrogen-bond acceptors (Lipinski definition) is 4. The Morgan fingerprint density at radius 1 is 1.67 bits per heavy atom. The molecule has 0 bridgehead atoms. The Morgan fingerprint density at radius 2 is 2.33 bits per heavy atom. The molecule has 0 saturated carbocycles. The number of amides is 1. The normalized spacial score (nSPS) is 14.7. The standard InChI is InChI=1S/C10H17N3OS/c1-4-6(2)12-9(14)8-5-15-10(13-8)7(3)11/h5-7H,4,11H2,1-3H3,(H,12,14). The summed E-state index contributed by atoms with van der Waals surface area (Å²) in [5.74, 6) is -0.118. The molecule has 0 spiro atoms. The Hall–Kier alpha value is -0.940. The van der Waals surface area contributed by atoms with Crippen LogP contribution in [0.15, 0.2) is 5.38 Å². The fraction of sp³-hybridized carbons (Fsp3) is 0.600. The molecule has 0 fully saturated rings. The van der Waals surface area contributed by atoms with Gasteiger partial charge in [-0.15, -0.1) is 11.3 Å². The third kappa shape index (κ3) is 3.28. The lowest BCUT2D eigenvalue weighted by atomic mass is 10.2. The van der Waals surface area contributed by atoms with Crippen LogP contribution < -0.4 is 11.1 Å². The van der Waals surface area contributed by atoms with Crippen molar-refractivity contribution in [2.24, 2.45) is 5.73 Å². The van der Waals surface area contributed by atoms with E-state index in [1.54, 1.807) is 5.38 Å². The van der Waals surface area contributed by atoms with Gasteiger partial charge in [0.2, 0.25) is 0 Å². The van der Waals surface area contributed by atoms with Gasteiger partial charge in [0.1, 0.15) is 10.7 Å². The quantitative estimate of drug-likeness (QED) is 0.822. The van der Waals surface area contributed by atoms with E-state index in [0.29, 0.717) is 5.69 Å². The molecule has 1 amide bonds. The number of carbonyl (C=O) groups excluding carboxylic acids is 1. The Balaban J connectivity index is 2.66. The number of nitrogens with one attached hydrogen (secondary N) is 1. The molecule has 4 nitrogen and oxygen atoms in total. The second-order valence-corrected chi connectivity index (χ2v) is 4.53. The van der Waals surface area contributed by atoms with Crippen LogP contribution in [0.2, 0.25) is 0 Å². The third-order valence-electron chi connectivity index (χ3n) is 2.13. The van der Waals surface area contributed by atoms with E-state index in [1.165, 1.54) is 11.3 Å². The number of thiazole rings is 1. The molecule has 1 aromatic rings. The first-order valence-electron chi connectivity index (χ1n) is 5.06. The number of aromatic nitrogens is 1. The van der Waals surface area contributed by atoms with Gasteiger partial charge in [-0.1, -0.05) is 6.92 Å². The minimum Gasteiger partial charge on any atom is -0.348 e. The average molecular weight is 227 g/mol. The summed E-state index contributed by atoms with van der Waals surface area (Å²) in [6, 6.07) is 0.0677. The van der Waals surface area contributed by atoms with Gasteiger partial charge >= 0.3 is 0 Å². The van der Waals surface area contributed by atoms with Crippen LogP contribution in [0.4, 0.5) is 0 Å². The highest BCUT2D eigenvalue weighted by Gasteiger charge is 2.13. The molecule has 5 heteroatoms. The molecule has 1 rings (SSSR count). The molecule has 0 aliphatic rings. The molecule has 15 heavy (non-hydrogen) atoms. The molecule has 0 saturated heterocycles. The highest BCUT2D eigenvalue weighted by Crippen LogP contribution is 2.15. The SMILES string of the molecule is CCC(C)NC(=O)c1csc(C(C)N)n1. The van der Waals surface area contributed by atoms with E-state index >= 15 is 0 Å². The van der Waals surface area contributed by atoms with Crippen molar-refractivity contribution in [1.82, 2.24) is 10.3 Å². The van der Waals surface area contributed by atoms with Crippen LogP contribution in [0.3, 0.4) is 0 Å². The zero-order chi connectivity index (χ0) is 11.4. The van der Waals surface area contributed by atoms with Gasteiger partial charge in [-0.2, -0.15) is 0 Å². The molecule has 0 radical (unpaired) electrons. The van der Waals surface area contributed by atoms with Gasteiger partial charge in [0.25, 0.3) is 5.91 Å². The molecule has 2 atom stereocenters. The highest BCUT2D eigenvalue weighted by molar-refractivity contribution is 7.09. The van der Waals surface area contributed by atoms with Gasteiger partial charge < -0.3 is 11.1 Å². The topological polar surface area (TPSA) is 68.0 Å². The summed E-state index contributed by atoms with van der Waals surface area (Å²) in [7, 11) is 0. The van der Waals surface area contributed by atoms with E-state index in [-0.39, 0.29) is 18.0 Å². The van der Waals surface area contributed by atoms with Crippen LogP contribution >= 0.6 is 11.3 Å². The first-order chi connectivity index (χ1) is 7.04. The van der Waals surface area contributed by atoms with Gasteiger partial charge in [-0.3, -0.25) is 4.79 Å². The van der Waals surface area contributed by atoms with Crippen LogP contribution in [0.5, 0.6) is 0 Å². The zero-order valence-corrected chi connectivity index (χ0v) is 10.1. The summed E-state index contributed by atoms with van der Waals surface area (Å²) >= 11 is 1.42. The van der Waals surface area contributed by atoms with Crippen LogP contribution in [0.1, 0.15) is 48.7 Å². The first-order valence-corrected chi connectivity index (χ1v) is 5.94. The van der Waals surface area contributed by atoms with Crippen LogP contribution in [0, 0.1) is 0 Å². The van der Waals surface area contributed by atoms with Crippen molar-refractivity contribution in [3.8, 4) is 0 Å². The van der Waals surface area contributed by atoms with E-state index < -0.39 is 0 Å². The second kappa shape index (κ2) is 5.23. The molecule has 1 heterocycles. The summed E-state index contributed by atoms with van der Waals surface area (Å²) in [5.41, 5.74) is 6.14. The summed E-state index contributed by atoms with van der Waals surface area (Å²) in [5, 5.41) is 5.40. The molecule has 3 N–H and O–H groups in total. The van der Waals surface area contributed by atoms with Crippen molar-refractivity contribution < 1.29 is 4.79 Å². The fourth-order valence-electron chi connectivity index (χ4n) is 1.00. The van der Waals surface area contributed by atoms with Crippen molar-refractivity contribution >= 4 is 17.2 Å². The Morgan fingerprint density at radius 3 is 2.80 bits per heavy atom. The van der Waals surface area contributed by atoms with Gasteiger partial charge in [0, 0.05) is 11.4 Å². The molecule has 84 valence electrons. The average Bonchev–Trinajstić information content (AvgIpc) is 2.66. The number of carbonyl (C=O) groups is 1. The van der Waals surface area contributed by atoms with Gasteiger partial charge in [0.05, 0.1) is 6.04 Å². The predicted octanol–water partition coefficient (Wildman–Crippen LogP) is 1.69. The minimum absolute atomic E-state index is 0.111. The Labute approximate surface area is 93.9 Å². The van der Waals surface area contributed by atoms with Gasteiger partial charge in [-0.05, 0) is 20.3 Å². The summed E-state index contributed by atoms with van der Waals surface area (Å²) in [6.07, 6.45) is 0.913. The maximum Gasteiger partial charge on any atom is 0.270 e. The van der Waals surface area contributed by atoms with E-state index in [0.717, 1.165) is 11.4 Å². The molecular formula is C10H17N3OS. The zero-order valence-electron chi connectivity index (χ0n) is 9.28. The molecule has 0 aliphatic carbocycles. The van der Waals surface area contributed by atoms with Crippen molar-refractivity contribution in [1.29, 1.82) is 0 Å². The molecule has 1 aromatic heterocycles. The monoisotopic (exact) mass is 227 g/mol. The molecule has 0 aliphatic heterocycles. The lowest BCUT2D eigenvalue weighted by molar-refractivity contribution is 0.0934. The summed E-state index contributed by atoms with van der Waals surface area (Å²) in [6.45, 7) is 5.85. The van der Waals surface area contributed by atoms with Crippen molar-refractivity contribution in [3.63, 3.8) is 0 Å². The van der Waals surface area contributed by atoms with Crippen LogP contribution in [-0.4, -0.2) is 16.9 Å². The maximum absolute atomic E-state index is 11.6. The fourth-order valence-corrected chi connectivity index (χ4v) is 1.76. The van der Waals surface area contributed by atoms with Crippen molar-refractivity contribution in [2.75, 3.05) is 0 Å². The summed E-state index contributed by atoms with van der Waals surface area (Å²) < 4.78 is 0. The van der Waals surface area contributed by atoms with Crippen LogP contribution in [0.25, 0.3) is 0 Å². The largest absolute Gasteiger partial charge is 0.348 e. The lowest BCUT2D eigenvalue weighted by Crippen LogP contribution is -2.32. The van der Waals surface area contributed by atoms with E-state index in [4.69, 9.17) is 5.73 Å². The third-order valence-corrected chi connectivity index (χ3v) is 3.18. The van der Waals surface area contributed by atoms with Crippen LogP contribution in [-0.2, 0) is 0 Å².